The fourth-order valence-corrected chi connectivity index (χ4v) is 1.33. The summed E-state index contributed by atoms with van der Waals surface area (Å²) in [6.07, 6.45) is 1.04. The maximum atomic E-state index is 10.7. The van der Waals surface area contributed by atoms with Crippen LogP contribution in [-0.2, 0) is 24.3 Å². The molecule has 0 spiro atoms. The Bertz CT molecular complexity index is 304. The van der Waals surface area contributed by atoms with Crippen molar-refractivity contribution in [2.75, 3.05) is 7.11 Å². The van der Waals surface area contributed by atoms with Crippen LogP contribution in [0.25, 0.3) is 0 Å². The highest BCUT2D eigenvalue weighted by Gasteiger charge is 2.52. The van der Waals surface area contributed by atoms with Gasteiger partial charge in [-0.25, -0.2) is 0 Å². The fourth-order valence-electron chi connectivity index (χ4n) is 0.709. The van der Waals surface area contributed by atoms with Crippen LogP contribution in [0.3, 0.4) is 0 Å². The van der Waals surface area contributed by atoms with Gasteiger partial charge in [0, 0.05) is 7.11 Å². The number of rotatable bonds is 2. The van der Waals surface area contributed by atoms with Crippen molar-refractivity contribution in [3.05, 3.63) is 12.0 Å². The molecule has 0 aromatic heterocycles. The van der Waals surface area contributed by atoms with Crippen LogP contribution in [-0.4, -0.2) is 25.4 Å². The van der Waals surface area contributed by atoms with Gasteiger partial charge >= 0.3 is 15.4 Å². The molecule has 0 amide bonds. The van der Waals surface area contributed by atoms with Crippen LogP contribution in [0.1, 0.15) is 6.92 Å². The summed E-state index contributed by atoms with van der Waals surface area (Å²) < 4.78 is 43.6. The minimum atomic E-state index is -4.57. The van der Waals surface area contributed by atoms with Crippen LogP contribution in [0.5, 0.6) is 0 Å². The minimum absolute atomic E-state index is 0.203. The van der Waals surface area contributed by atoms with E-state index < -0.39 is 15.4 Å². The van der Waals surface area contributed by atoms with Crippen molar-refractivity contribution >= 4 is 10.1 Å². The molecule has 0 saturated carbocycles. The molecule has 6 nitrogen and oxygen atoms in total. The lowest BCUT2D eigenvalue weighted by Crippen LogP contribution is -2.41. The quantitative estimate of drug-likeness (QED) is 0.628. The van der Waals surface area contributed by atoms with Gasteiger partial charge in [-0.1, -0.05) is 0 Å². The zero-order valence-corrected chi connectivity index (χ0v) is 7.29. The molecule has 1 atom stereocenters. The smallest absolute Gasteiger partial charge is 0.421 e. The Morgan fingerprint density at radius 3 is 2.42 bits per heavy atom. The Hall–Kier alpha value is -0.790. The van der Waals surface area contributed by atoms with E-state index >= 15 is 0 Å². The first kappa shape index (κ1) is 9.30. The summed E-state index contributed by atoms with van der Waals surface area (Å²) in [5.41, 5.74) is 0. The van der Waals surface area contributed by atoms with Crippen molar-refractivity contribution in [3.63, 3.8) is 0 Å². The Balaban J connectivity index is 2.98. The first-order valence-corrected chi connectivity index (χ1v) is 4.41. The lowest BCUT2D eigenvalue weighted by molar-refractivity contribution is -0.251. The van der Waals surface area contributed by atoms with E-state index in [9.17, 15) is 8.42 Å². The Kier molecular flexibility index (Phi) is 2.02. The van der Waals surface area contributed by atoms with Gasteiger partial charge in [0.2, 0.25) is 0 Å². The predicted molar refractivity (Wildman–Crippen MR) is 37.2 cm³/mol. The second kappa shape index (κ2) is 2.61. The van der Waals surface area contributed by atoms with Crippen LogP contribution in [0.4, 0.5) is 0 Å². The lowest BCUT2D eigenvalue weighted by Gasteiger charge is -2.21. The van der Waals surface area contributed by atoms with E-state index in [0.29, 0.717) is 0 Å². The molecule has 0 bridgehead atoms. The molecule has 0 saturated heterocycles. The zero-order valence-electron chi connectivity index (χ0n) is 6.47. The van der Waals surface area contributed by atoms with Crippen LogP contribution in [0.2, 0.25) is 0 Å². The molecule has 70 valence electrons. The monoisotopic (exact) mass is 196 g/mol. The normalized spacial score (nSPS) is 29.1. The summed E-state index contributed by atoms with van der Waals surface area (Å²) in [6.45, 7) is 1.46. The van der Waals surface area contributed by atoms with Gasteiger partial charge in [0.05, 0.1) is 0 Å². The van der Waals surface area contributed by atoms with E-state index in [2.05, 4.69) is 14.2 Å². The summed E-state index contributed by atoms with van der Waals surface area (Å²) in [7, 11) is -3.52. The third kappa shape index (κ3) is 1.26. The Morgan fingerprint density at radius 2 is 2.25 bits per heavy atom. The molecule has 0 radical (unpaired) electrons. The standard InChI is InChI=1S/C5H8O6S/c1-4-3-10-5(9-2,11-4)12(6,7)8/h3H,1-2H3,(H,6,7,8). The fraction of sp³-hybridized carbons (Fsp3) is 0.600. The number of allylic oxidation sites excluding steroid dienone is 1. The summed E-state index contributed by atoms with van der Waals surface area (Å²) in [4.78, 5) is 0. The molecule has 1 aliphatic heterocycles. The van der Waals surface area contributed by atoms with Crippen molar-refractivity contribution in [1.29, 1.82) is 0 Å². The van der Waals surface area contributed by atoms with E-state index in [-0.39, 0.29) is 5.76 Å². The minimum Gasteiger partial charge on any atom is -0.421 e. The summed E-state index contributed by atoms with van der Waals surface area (Å²) in [5.74, 6) is 0.203. The van der Waals surface area contributed by atoms with Gasteiger partial charge in [-0.15, -0.1) is 0 Å². The maximum absolute atomic E-state index is 10.7. The van der Waals surface area contributed by atoms with Gasteiger partial charge < -0.3 is 9.47 Å². The SMILES string of the molecule is COC1(S(=O)(=O)O)OC=C(C)O1. The van der Waals surface area contributed by atoms with Gasteiger partial charge in [-0.2, -0.15) is 8.42 Å². The van der Waals surface area contributed by atoms with Crippen molar-refractivity contribution < 1.29 is 27.2 Å². The molecule has 0 aromatic carbocycles. The maximum Gasteiger partial charge on any atom is 0.508 e. The molecular formula is C5H8O6S. The molecular weight excluding hydrogens is 188 g/mol. The molecule has 0 fully saturated rings. The zero-order chi connectivity index (χ0) is 9.41. The number of hydrogen-bond donors (Lipinski definition) is 1. The molecule has 0 aliphatic carbocycles. The van der Waals surface area contributed by atoms with Crippen LogP contribution in [0, 0.1) is 0 Å². The van der Waals surface area contributed by atoms with Crippen molar-refractivity contribution in [3.8, 4) is 0 Å². The number of hydrogen-bond acceptors (Lipinski definition) is 5. The van der Waals surface area contributed by atoms with Crippen LogP contribution in [0.15, 0.2) is 12.0 Å². The summed E-state index contributed by atoms with van der Waals surface area (Å²) >= 11 is 0. The second-order valence-corrected chi connectivity index (χ2v) is 3.58. The number of ether oxygens (including phenoxy) is 3. The highest BCUT2D eigenvalue weighted by atomic mass is 32.2. The topological polar surface area (TPSA) is 82.1 Å². The molecule has 0 aromatic rings. The highest BCUT2D eigenvalue weighted by Crippen LogP contribution is 2.30. The lowest BCUT2D eigenvalue weighted by atomic mass is 10.7. The van der Waals surface area contributed by atoms with E-state index in [0.717, 1.165) is 13.4 Å². The van der Waals surface area contributed by atoms with Crippen molar-refractivity contribution in [1.82, 2.24) is 0 Å². The summed E-state index contributed by atoms with van der Waals surface area (Å²) in [6, 6.07) is 0. The first-order chi connectivity index (χ1) is 5.41. The second-order valence-electron chi connectivity index (χ2n) is 2.13. The van der Waals surface area contributed by atoms with Crippen molar-refractivity contribution in [2.24, 2.45) is 0 Å². The molecule has 1 N–H and O–H groups in total. The first-order valence-electron chi connectivity index (χ1n) is 2.97. The molecule has 12 heavy (non-hydrogen) atoms. The van der Waals surface area contributed by atoms with Gasteiger partial charge in [-0.3, -0.25) is 9.29 Å². The van der Waals surface area contributed by atoms with Crippen LogP contribution >= 0.6 is 0 Å². The molecule has 1 heterocycles. The van der Waals surface area contributed by atoms with E-state index in [4.69, 9.17) is 4.55 Å². The van der Waals surface area contributed by atoms with E-state index in [1.54, 1.807) is 0 Å². The predicted octanol–water partition coefficient (Wildman–Crippen LogP) is 0.0400. The molecule has 1 unspecified atom stereocenters. The van der Waals surface area contributed by atoms with Gasteiger partial charge in [-0.05, 0) is 6.92 Å². The average molecular weight is 196 g/mol. The number of methoxy groups -OCH3 is 1. The molecule has 1 aliphatic rings. The Morgan fingerprint density at radius 1 is 1.67 bits per heavy atom. The van der Waals surface area contributed by atoms with E-state index in [1.165, 1.54) is 6.92 Å². The van der Waals surface area contributed by atoms with Gasteiger partial charge in [0.15, 0.2) is 0 Å². The van der Waals surface area contributed by atoms with Gasteiger partial charge in [0.1, 0.15) is 12.0 Å². The van der Waals surface area contributed by atoms with Crippen LogP contribution < -0.4 is 0 Å². The van der Waals surface area contributed by atoms with Crippen molar-refractivity contribution in [2.45, 2.75) is 12.2 Å². The van der Waals surface area contributed by atoms with Gasteiger partial charge in [0.25, 0.3) is 0 Å². The Labute approximate surface area is 69.5 Å². The van der Waals surface area contributed by atoms with E-state index in [1.807, 2.05) is 0 Å². The summed E-state index contributed by atoms with van der Waals surface area (Å²) in [5, 5.41) is -2.42. The molecule has 7 heteroatoms. The third-order valence-corrected chi connectivity index (χ3v) is 2.20. The highest BCUT2D eigenvalue weighted by molar-refractivity contribution is 7.86. The largest absolute Gasteiger partial charge is 0.508 e. The average Bonchev–Trinajstić information content (AvgIpc) is 2.31. The third-order valence-electron chi connectivity index (χ3n) is 1.22. The molecule has 1 rings (SSSR count).